The maximum absolute atomic E-state index is 7.44. The van der Waals surface area contributed by atoms with Crippen LogP contribution >= 0.6 is 0 Å². The molecule has 184 valence electrons. The van der Waals surface area contributed by atoms with Crippen LogP contribution in [0.5, 0.6) is 0 Å². The van der Waals surface area contributed by atoms with Gasteiger partial charge in [-0.1, -0.05) is 26.0 Å². The molecule has 5 aliphatic rings. The highest BCUT2D eigenvalue weighted by atomic mass is 16.5. The molecule has 0 N–H and O–H groups in total. The number of aryl methyl sites for hydroxylation is 2. The second-order valence-electron chi connectivity index (χ2n) is 12.9. The van der Waals surface area contributed by atoms with Gasteiger partial charge in [0.1, 0.15) is 0 Å². The van der Waals surface area contributed by atoms with E-state index in [0.717, 1.165) is 11.8 Å². The summed E-state index contributed by atoms with van der Waals surface area (Å²) < 4.78 is 7.44. The van der Waals surface area contributed by atoms with Gasteiger partial charge in [0.15, 0.2) is 0 Å². The molecule has 1 aromatic rings. The average molecular weight is 461 g/mol. The van der Waals surface area contributed by atoms with Gasteiger partial charge in [-0.15, -0.1) is 0 Å². The van der Waals surface area contributed by atoms with Crippen molar-refractivity contribution in [2.24, 2.45) is 23.2 Å². The van der Waals surface area contributed by atoms with E-state index in [0.29, 0.717) is 17.4 Å². The van der Waals surface area contributed by atoms with Crippen LogP contribution in [0.3, 0.4) is 0 Å². The predicted molar refractivity (Wildman–Crippen MR) is 139 cm³/mol. The first-order chi connectivity index (χ1) is 16.3. The number of pyridine rings is 1. The van der Waals surface area contributed by atoms with Gasteiger partial charge in [0.25, 0.3) is 0 Å². The Morgan fingerprint density at radius 3 is 2.85 bits per heavy atom. The smallest absolute Gasteiger partial charge is 0.0956 e. The highest BCUT2D eigenvalue weighted by Crippen LogP contribution is 2.69. The molecule has 7 atom stereocenters. The Morgan fingerprint density at radius 2 is 2.06 bits per heavy atom. The lowest BCUT2D eigenvalue weighted by atomic mass is 9.55. The summed E-state index contributed by atoms with van der Waals surface area (Å²) >= 11 is 0. The van der Waals surface area contributed by atoms with E-state index in [4.69, 9.17) is 4.74 Å². The third-order valence-corrected chi connectivity index (χ3v) is 11.2. The number of hydrogen-bond donors (Lipinski definition) is 0. The summed E-state index contributed by atoms with van der Waals surface area (Å²) in [6.45, 7) is 7.40. The summed E-state index contributed by atoms with van der Waals surface area (Å²) in [7, 11) is 4.48. The molecule has 2 aliphatic heterocycles. The normalized spacial score (nSPS) is 41.4. The van der Waals surface area contributed by atoms with E-state index in [1.165, 1.54) is 80.9 Å². The second kappa shape index (κ2) is 8.03. The highest BCUT2D eigenvalue weighted by molar-refractivity contribution is 5.47. The standard InChI is InChI=1S/C31H44N2O/c1-21(6-7-23-13-17-32-20-22(23)2)27-10-11-28-29(27,3)14-12-25-18-24-8-9-26(33(4)5)19-30(24)15-16-31(25,28)34-30/h8,13,17-18,20-21,26-28H,6-7,9-12,14-16,19H2,1-5H3/t21?,26-,27-,28-,29-,30-,31-/m1/s1. The largest absolute Gasteiger partial charge is 0.359 e. The van der Waals surface area contributed by atoms with E-state index < -0.39 is 0 Å². The third kappa shape index (κ3) is 3.25. The summed E-state index contributed by atoms with van der Waals surface area (Å²) in [5.41, 5.74) is 6.41. The SMILES string of the molecule is Cc1cnccc1CCC(C)[C@H]1CC[C@@H]2[C@]1(C)CCC1=CC3=CC[C@@H](N(C)C)C[C@]34CC[C@@]12O4. The van der Waals surface area contributed by atoms with Crippen LogP contribution in [0.1, 0.15) is 82.8 Å². The zero-order valence-electron chi connectivity index (χ0n) is 22.1. The average Bonchev–Trinajstić information content (AvgIpc) is 3.33. The first-order valence-electron chi connectivity index (χ1n) is 14.0. The molecule has 34 heavy (non-hydrogen) atoms. The Balaban J connectivity index is 1.25. The molecule has 3 heteroatoms. The minimum atomic E-state index is -0.0164. The number of fused-ring (bicyclic) bond motifs is 1. The Kier molecular flexibility index (Phi) is 5.43. The summed E-state index contributed by atoms with van der Waals surface area (Å²) in [5.74, 6) is 2.26. The number of nitrogens with zero attached hydrogens (tertiary/aromatic N) is 2. The van der Waals surface area contributed by atoms with Gasteiger partial charge < -0.3 is 9.64 Å². The third-order valence-electron chi connectivity index (χ3n) is 11.2. The van der Waals surface area contributed by atoms with E-state index in [1.54, 1.807) is 5.57 Å². The molecule has 1 saturated heterocycles. The van der Waals surface area contributed by atoms with E-state index in [9.17, 15) is 0 Å². The molecule has 3 nitrogen and oxygen atoms in total. The lowest BCUT2D eigenvalue weighted by molar-refractivity contribution is -0.149. The van der Waals surface area contributed by atoms with Gasteiger partial charge in [-0.3, -0.25) is 4.98 Å². The summed E-state index contributed by atoms with van der Waals surface area (Å²) in [5, 5.41) is 0. The maximum atomic E-state index is 7.44. The fraction of sp³-hybridized carbons (Fsp3) is 0.710. The molecule has 1 unspecified atom stereocenters. The van der Waals surface area contributed by atoms with Crippen LogP contribution in [-0.4, -0.2) is 41.2 Å². The number of ether oxygens (including phenoxy) is 1. The molecule has 1 aromatic heterocycles. The Hall–Kier alpha value is -1.45. The van der Waals surface area contributed by atoms with Gasteiger partial charge in [-0.2, -0.15) is 0 Å². The summed E-state index contributed by atoms with van der Waals surface area (Å²) in [6, 6.07) is 2.83. The van der Waals surface area contributed by atoms with Crippen molar-refractivity contribution in [3.63, 3.8) is 0 Å². The lowest BCUT2D eigenvalue weighted by Gasteiger charge is -2.56. The van der Waals surface area contributed by atoms with Gasteiger partial charge in [-0.25, -0.2) is 0 Å². The van der Waals surface area contributed by atoms with Crippen molar-refractivity contribution in [2.45, 2.75) is 102 Å². The molecule has 3 fully saturated rings. The van der Waals surface area contributed by atoms with Crippen molar-refractivity contribution in [1.29, 1.82) is 0 Å². The van der Waals surface area contributed by atoms with Crippen molar-refractivity contribution >= 4 is 0 Å². The van der Waals surface area contributed by atoms with Crippen molar-refractivity contribution in [3.8, 4) is 0 Å². The molecule has 3 aliphatic carbocycles. The second-order valence-corrected chi connectivity index (χ2v) is 12.9. The van der Waals surface area contributed by atoms with Crippen LogP contribution in [0.15, 0.2) is 41.8 Å². The Morgan fingerprint density at radius 1 is 1.21 bits per heavy atom. The van der Waals surface area contributed by atoms with Gasteiger partial charge in [-0.05, 0) is 137 Å². The van der Waals surface area contributed by atoms with E-state index in [1.807, 2.05) is 12.4 Å². The minimum absolute atomic E-state index is 0.0164. The molecule has 2 saturated carbocycles. The molecule has 3 heterocycles. The van der Waals surface area contributed by atoms with Crippen molar-refractivity contribution in [3.05, 3.63) is 52.9 Å². The van der Waals surface area contributed by atoms with E-state index in [-0.39, 0.29) is 11.2 Å². The Labute approximate surface area is 207 Å². The fourth-order valence-electron chi connectivity index (χ4n) is 9.18. The molecule has 2 bridgehead atoms. The van der Waals surface area contributed by atoms with E-state index >= 15 is 0 Å². The van der Waals surface area contributed by atoms with Crippen LogP contribution in [0.2, 0.25) is 0 Å². The van der Waals surface area contributed by atoms with Crippen molar-refractivity contribution in [1.82, 2.24) is 9.88 Å². The number of rotatable bonds is 5. The number of aromatic nitrogens is 1. The maximum Gasteiger partial charge on any atom is 0.0956 e. The van der Waals surface area contributed by atoms with Crippen LogP contribution in [-0.2, 0) is 11.2 Å². The fourth-order valence-corrected chi connectivity index (χ4v) is 9.18. The van der Waals surface area contributed by atoms with E-state index in [2.05, 4.69) is 63.0 Å². The molecule has 0 aromatic carbocycles. The highest BCUT2D eigenvalue weighted by Gasteiger charge is 2.67. The quantitative estimate of drug-likeness (QED) is 0.491. The van der Waals surface area contributed by atoms with Crippen LogP contribution in [0.4, 0.5) is 0 Å². The summed E-state index contributed by atoms with van der Waals surface area (Å²) in [4.78, 5) is 6.71. The minimum Gasteiger partial charge on any atom is -0.359 e. The number of hydrogen-bond acceptors (Lipinski definition) is 3. The van der Waals surface area contributed by atoms with Gasteiger partial charge in [0, 0.05) is 18.4 Å². The molecular weight excluding hydrogens is 416 g/mol. The van der Waals surface area contributed by atoms with Gasteiger partial charge in [0.2, 0.25) is 0 Å². The predicted octanol–water partition coefficient (Wildman–Crippen LogP) is 6.66. The van der Waals surface area contributed by atoms with Crippen molar-refractivity contribution < 1.29 is 4.74 Å². The van der Waals surface area contributed by atoms with Crippen LogP contribution < -0.4 is 0 Å². The molecular formula is C31H44N2O. The Bertz CT molecular complexity index is 1030. The molecule has 6 rings (SSSR count). The zero-order chi connectivity index (χ0) is 23.7. The van der Waals surface area contributed by atoms with Crippen LogP contribution in [0, 0.1) is 30.1 Å². The van der Waals surface area contributed by atoms with Gasteiger partial charge in [0.05, 0.1) is 11.2 Å². The zero-order valence-corrected chi connectivity index (χ0v) is 22.1. The van der Waals surface area contributed by atoms with Crippen molar-refractivity contribution in [2.75, 3.05) is 14.1 Å². The molecule has 2 spiro atoms. The monoisotopic (exact) mass is 460 g/mol. The van der Waals surface area contributed by atoms with Crippen LogP contribution in [0.25, 0.3) is 0 Å². The topological polar surface area (TPSA) is 25.4 Å². The molecule has 0 amide bonds. The first kappa shape index (κ1) is 23.0. The lowest BCUT2D eigenvalue weighted by Crippen LogP contribution is -2.56. The summed E-state index contributed by atoms with van der Waals surface area (Å²) in [6.07, 6.45) is 21.7. The first-order valence-corrected chi connectivity index (χ1v) is 14.0. The van der Waals surface area contributed by atoms with Gasteiger partial charge >= 0.3 is 0 Å². The molecule has 0 radical (unpaired) electrons.